The lowest BCUT2D eigenvalue weighted by molar-refractivity contribution is -0.0418. The van der Waals surface area contributed by atoms with Gasteiger partial charge in [-0.3, -0.25) is 0 Å². The Balaban J connectivity index is 2.30. The number of halogens is 1. The number of para-hydroxylation sites is 1. The molecule has 0 heterocycles. The van der Waals surface area contributed by atoms with Gasteiger partial charge >= 0.3 is 0 Å². The van der Waals surface area contributed by atoms with Gasteiger partial charge in [-0.2, -0.15) is 0 Å². The first kappa shape index (κ1) is 11.6. The van der Waals surface area contributed by atoms with Crippen LogP contribution in [0.1, 0.15) is 11.9 Å². The molecule has 0 bridgehead atoms. The highest BCUT2D eigenvalue weighted by atomic mass is 19.1. The van der Waals surface area contributed by atoms with Crippen molar-refractivity contribution in [3.8, 4) is 0 Å². The third-order valence-corrected chi connectivity index (χ3v) is 2.34. The molecule has 0 fully saturated rings. The summed E-state index contributed by atoms with van der Waals surface area (Å²) in [5.74, 6) is -0.350. The third kappa shape index (κ3) is 2.81. The van der Waals surface area contributed by atoms with E-state index in [4.69, 9.17) is 0 Å². The molecule has 0 amide bonds. The SMILES string of the molecule is OC(O)c1ccccc1Nc1cccc(F)c1. The van der Waals surface area contributed by atoms with Crippen LogP contribution in [0.25, 0.3) is 0 Å². The van der Waals surface area contributed by atoms with Crippen molar-refractivity contribution in [2.75, 3.05) is 5.32 Å². The van der Waals surface area contributed by atoms with Crippen LogP contribution in [0.15, 0.2) is 48.5 Å². The van der Waals surface area contributed by atoms with Gasteiger partial charge in [-0.15, -0.1) is 0 Å². The monoisotopic (exact) mass is 233 g/mol. The molecule has 2 aromatic carbocycles. The normalized spacial score (nSPS) is 10.6. The van der Waals surface area contributed by atoms with E-state index in [9.17, 15) is 14.6 Å². The zero-order valence-corrected chi connectivity index (χ0v) is 8.97. The minimum Gasteiger partial charge on any atom is -0.364 e. The van der Waals surface area contributed by atoms with Gasteiger partial charge in [0.05, 0.1) is 0 Å². The molecule has 0 spiro atoms. The van der Waals surface area contributed by atoms with Gasteiger partial charge in [-0.05, 0) is 24.3 Å². The third-order valence-electron chi connectivity index (χ3n) is 2.34. The van der Waals surface area contributed by atoms with Crippen LogP contribution in [-0.2, 0) is 0 Å². The Hall–Kier alpha value is -1.91. The molecular formula is C13H12FNO2. The molecule has 0 saturated carbocycles. The molecule has 4 heteroatoms. The molecule has 0 aliphatic rings. The fourth-order valence-corrected chi connectivity index (χ4v) is 1.56. The van der Waals surface area contributed by atoms with Crippen molar-refractivity contribution in [3.63, 3.8) is 0 Å². The van der Waals surface area contributed by atoms with Gasteiger partial charge < -0.3 is 15.5 Å². The van der Waals surface area contributed by atoms with Crippen LogP contribution < -0.4 is 5.32 Å². The minimum absolute atomic E-state index is 0.344. The second-order valence-electron chi connectivity index (χ2n) is 3.60. The lowest BCUT2D eigenvalue weighted by Crippen LogP contribution is -2.01. The van der Waals surface area contributed by atoms with Crippen LogP contribution in [0, 0.1) is 5.82 Å². The Morgan fingerprint density at radius 2 is 1.76 bits per heavy atom. The van der Waals surface area contributed by atoms with Gasteiger partial charge in [-0.25, -0.2) is 4.39 Å². The van der Waals surface area contributed by atoms with E-state index in [0.29, 0.717) is 16.9 Å². The van der Waals surface area contributed by atoms with Crippen LogP contribution >= 0.6 is 0 Å². The zero-order valence-electron chi connectivity index (χ0n) is 8.97. The Kier molecular flexibility index (Phi) is 3.37. The van der Waals surface area contributed by atoms with Crippen molar-refractivity contribution in [2.24, 2.45) is 0 Å². The molecular weight excluding hydrogens is 221 g/mol. The summed E-state index contributed by atoms with van der Waals surface area (Å²) in [6.07, 6.45) is -1.56. The number of rotatable bonds is 3. The van der Waals surface area contributed by atoms with E-state index in [-0.39, 0.29) is 5.82 Å². The van der Waals surface area contributed by atoms with Crippen molar-refractivity contribution < 1.29 is 14.6 Å². The average Bonchev–Trinajstić information content (AvgIpc) is 2.29. The van der Waals surface area contributed by atoms with E-state index in [1.807, 2.05) is 0 Å². The molecule has 0 atom stereocenters. The first-order valence-electron chi connectivity index (χ1n) is 5.14. The lowest BCUT2D eigenvalue weighted by Gasteiger charge is -2.13. The molecule has 0 unspecified atom stereocenters. The first-order valence-corrected chi connectivity index (χ1v) is 5.14. The molecule has 0 radical (unpaired) electrons. The number of benzene rings is 2. The quantitative estimate of drug-likeness (QED) is 0.714. The molecule has 0 saturated heterocycles. The summed E-state index contributed by atoms with van der Waals surface area (Å²) in [6, 6.07) is 12.7. The van der Waals surface area contributed by atoms with Crippen LogP contribution in [0.5, 0.6) is 0 Å². The summed E-state index contributed by atoms with van der Waals surface area (Å²) in [6.45, 7) is 0. The number of anilines is 2. The number of nitrogens with one attached hydrogen (secondary N) is 1. The largest absolute Gasteiger partial charge is 0.364 e. The van der Waals surface area contributed by atoms with Crippen molar-refractivity contribution in [1.29, 1.82) is 0 Å². The van der Waals surface area contributed by atoms with Gasteiger partial charge in [0.1, 0.15) is 5.82 Å². The molecule has 0 aromatic heterocycles. The smallest absolute Gasteiger partial charge is 0.180 e. The maximum atomic E-state index is 13.0. The summed E-state index contributed by atoms with van der Waals surface area (Å²) in [5.41, 5.74) is 1.43. The molecule has 0 aliphatic carbocycles. The number of aliphatic hydroxyl groups is 2. The molecule has 88 valence electrons. The van der Waals surface area contributed by atoms with Crippen LogP contribution in [0.4, 0.5) is 15.8 Å². The molecule has 3 N–H and O–H groups in total. The van der Waals surface area contributed by atoms with E-state index in [2.05, 4.69) is 5.32 Å². The topological polar surface area (TPSA) is 52.5 Å². The van der Waals surface area contributed by atoms with Crippen LogP contribution in [0.2, 0.25) is 0 Å². The van der Waals surface area contributed by atoms with Crippen LogP contribution in [-0.4, -0.2) is 10.2 Å². The standard InChI is InChI=1S/C13H12FNO2/c14-9-4-3-5-10(8-9)15-12-7-2-1-6-11(12)13(16)17/h1-8,13,15-17H. The highest BCUT2D eigenvalue weighted by Crippen LogP contribution is 2.24. The summed E-state index contributed by atoms with van der Waals surface area (Å²) in [7, 11) is 0. The van der Waals surface area contributed by atoms with E-state index in [1.54, 1.807) is 36.4 Å². The summed E-state index contributed by atoms with van der Waals surface area (Å²) in [4.78, 5) is 0. The Morgan fingerprint density at radius 1 is 1.00 bits per heavy atom. The first-order chi connectivity index (χ1) is 8.16. The van der Waals surface area contributed by atoms with E-state index in [1.165, 1.54) is 12.1 Å². The van der Waals surface area contributed by atoms with Gasteiger partial charge in [0, 0.05) is 16.9 Å². The fourth-order valence-electron chi connectivity index (χ4n) is 1.56. The molecule has 2 rings (SSSR count). The minimum atomic E-state index is -1.56. The van der Waals surface area contributed by atoms with E-state index >= 15 is 0 Å². The van der Waals surface area contributed by atoms with Gasteiger partial charge in [-0.1, -0.05) is 24.3 Å². The maximum absolute atomic E-state index is 13.0. The number of hydrogen-bond acceptors (Lipinski definition) is 3. The second-order valence-corrected chi connectivity index (χ2v) is 3.60. The Morgan fingerprint density at radius 3 is 2.47 bits per heavy atom. The van der Waals surface area contributed by atoms with Gasteiger partial charge in [0.2, 0.25) is 0 Å². The predicted molar refractivity (Wildman–Crippen MR) is 63.3 cm³/mol. The Labute approximate surface area is 98.2 Å². The molecule has 17 heavy (non-hydrogen) atoms. The molecule has 2 aromatic rings. The zero-order chi connectivity index (χ0) is 12.3. The molecule has 3 nitrogen and oxygen atoms in total. The predicted octanol–water partition coefficient (Wildman–Crippen LogP) is 2.55. The van der Waals surface area contributed by atoms with Gasteiger partial charge in [0.15, 0.2) is 6.29 Å². The summed E-state index contributed by atoms with van der Waals surface area (Å²) in [5, 5.41) is 21.3. The fraction of sp³-hybridized carbons (Fsp3) is 0.0769. The summed E-state index contributed by atoms with van der Waals surface area (Å²) < 4.78 is 13.0. The van der Waals surface area contributed by atoms with E-state index in [0.717, 1.165) is 0 Å². The highest BCUT2D eigenvalue weighted by Gasteiger charge is 2.08. The number of aliphatic hydroxyl groups excluding tert-OH is 1. The van der Waals surface area contributed by atoms with E-state index < -0.39 is 6.29 Å². The maximum Gasteiger partial charge on any atom is 0.180 e. The molecule has 0 aliphatic heterocycles. The second kappa shape index (κ2) is 4.95. The van der Waals surface area contributed by atoms with Crippen LogP contribution in [0.3, 0.4) is 0 Å². The average molecular weight is 233 g/mol. The van der Waals surface area contributed by atoms with Crippen molar-refractivity contribution in [2.45, 2.75) is 6.29 Å². The van der Waals surface area contributed by atoms with Crippen molar-refractivity contribution >= 4 is 11.4 Å². The van der Waals surface area contributed by atoms with Gasteiger partial charge in [0.25, 0.3) is 0 Å². The highest BCUT2D eigenvalue weighted by molar-refractivity contribution is 5.63. The summed E-state index contributed by atoms with van der Waals surface area (Å²) >= 11 is 0. The number of hydrogen-bond donors (Lipinski definition) is 3. The Bertz CT molecular complexity index is 514. The lowest BCUT2D eigenvalue weighted by atomic mass is 10.1. The van der Waals surface area contributed by atoms with Crippen molar-refractivity contribution in [3.05, 3.63) is 59.9 Å². The van der Waals surface area contributed by atoms with Crippen molar-refractivity contribution in [1.82, 2.24) is 0 Å².